The molecule has 0 radical (unpaired) electrons. The Morgan fingerprint density at radius 2 is 1.08 bits per heavy atom. The normalized spacial score (nSPS) is 11.7. The zero-order chi connectivity index (χ0) is 25.1. The number of hydrogen-bond donors (Lipinski definition) is 0. The van der Waals surface area contributed by atoms with Crippen molar-refractivity contribution in [1.29, 1.82) is 0 Å². The summed E-state index contributed by atoms with van der Waals surface area (Å²) in [6.45, 7) is 0. The van der Waals surface area contributed by atoms with Gasteiger partial charge in [-0.1, -0.05) is 78.9 Å². The number of nitrogens with zero attached hydrogens (tertiary/aromatic N) is 3. The lowest BCUT2D eigenvalue weighted by Crippen LogP contribution is -1.95. The minimum absolute atomic E-state index is 0.889. The molecule has 0 saturated heterocycles. The van der Waals surface area contributed by atoms with Crippen LogP contribution in [0.4, 0.5) is 0 Å². The molecule has 8 rings (SSSR count). The van der Waals surface area contributed by atoms with E-state index in [2.05, 4.69) is 120 Å². The van der Waals surface area contributed by atoms with Crippen molar-refractivity contribution in [3.63, 3.8) is 0 Å². The second-order valence-corrected chi connectivity index (χ2v) is 10.6. The zero-order valence-corrected chi connectivity index (χ0v) is 21.2. The van der Waals surface area contributed by atoms with Crippen molar-refractivity contribution in [1.82, 2.24) is 14.5 Å². The van der Waals surface area contributed by atoms with Crippen molar-refractivity contribution in [3.05, 3.63) is 128 Å². The molecule has 0 aliphatic rings. The summed E-state index contributed by atoms with van der Waals surface area (Å²) in [4.78, 5) is 9.67. The first-order chi connectivity index (χ1) is 18.8. The molecule has 0 bridgehead atoms. The summed E-state index contributed by atoms with van der Waals surface area (Å²) in [5, 5.41) is 5.06. The first-order valence-electron chi connectivity index (χ1n) is 12.7. The summed E-state index contributed by atoms with van der Waals surface area (Å²) in [6, 6.07) is 41.1. The largest absolute Gasteiger partial charge is 0.309 e. The molecule has 38 heavy (non-hydrogen) atoms. The smallest absolute Gasteiger partial charge is 0.0965 e. The third-order valence-electron chi connectivity index (χ3n) is 7.31. The van der Waals surface area contributed by atoms with Crippen LogP contribution in [0.15, 0.2) is 128 Å². The summed E-state index contributed by atoms with van der Waals surface area (Å²) in [5.41, 5.74) is 7.42. The topological polar surface area (TPSA) is 30.7 Å². The Hall–Kier alpha value is -4.80. The molecule has 0 aliphatic carbocycles. The van der Waals surface area contributed by atoms with E-state index in [1.54, 1.807) is 12.4 Å². The SMILES string of the molecule is c1ccc(-n2c3ccccc3c3ccc(-c4nccnc4-c4ccc5c(c4)sc4ccccc45)cc32)cc1. The predicted octanol–water partition coefficient (Wildman–Crippen LogP) is 9.28. The summed E-state index contributed by atoms with van der Waals surface area (Å²) in [6.07, 6.45) is 3.57. The average molecular weight is 504 g/mol. The summed E-state index contributed by atoms with van der Waals surface area (Å²) in [5.74, 6) is 0. The maximum Gasteiger partial charge on any atom is 0.0965 e. The van der Waals surface area contributed by atoms with Gasteiger partial charge in [-0.3, -0.25) is 9.97 Å². The van der Waals surface area contributed by atoms with E-state index in [0.29, 0.717) is 0 Å². The molecule has 0 saturated carbocycles. The fourth-order valence-corrected chi connectivity index (χ4v) is 6.75. The van der Waals surface area contributed by atoms with Crippen molar-refractivity contribution in [3.8, 4) is 28.2 Å². The van der Waals surface area contributed by atoms with Crippen molar-refractivity contribution < 1.29 is 0 Å². The molecule has 0 aliphatic heterocycles. The van der Waals surface area contributed by atoms with Crippen molar-refractivity contribution in [2.45, 2.75) is 0 Å². The fraction of sp³-hybridized carbons (Fsp3) is 0. The Kier molecular flexibility index (Phi) is 4.69. The van der Waals surface area contributed by atoms with Gasteiger partial charge in [-0.25, -0.2) is 0 Å². The number of rotatable bonds is 3. The summed E-state index contributed by atoms with van der Waals surface area (Å²) in [7, 11) is 0. The van der Waals surface area contributed by atoms with E-state index in [4.69, 9.17) is 9.97 Å². The predicted molar refractivity (Wildman–Crippen MR) is 160 cm³/mol. The second kappa shape index (κ2) is 8.37. The Balaban J connectivity index is 1.35. The van der Waals surface area contributed by atoms with Gasteiger partial charge in [-0.2, -0.15) is 0 Å². The lowest BCUT2D eigenvalue weighted by atomic mass is 10.0. The number of para-hydroxylation sites is 2. The monoisotopic (exact) mass is 503 g/mol. The average Bonchev–Trinajstić information content (AvgIpc) is 3.52. The molecule has 0 amide bonds. The fourth-order valence-electron chi connectivity index (χ4n) is 5.61. The van der Waals surface area contributed by atoms with E-state index in [1.165, 1.54) is 36.5 Å². The summed E-state index contributed by atoms with van der Waals surface area (Å²) >= 11 is 1.82. The van der Waals surface area contributed by atoms with Gasteiger partial charge in [-0.05, 0) is 36.4 Å². The van der Waals surface area contributed by atoms with Gasteiger partial charge < -0.3 is 4.57 Å². The van der Waals surface area contributed by atoms with E-state index in [1.807, 2.05) is 11.3 Å². The van der Waals surface area contributed by atoms with Crippen LogP contribution in [-0.2, 0) is 0 Å². The van der Waals surface area contributed by atoms with E-state index in [0.717, 1.165) is 33.7 Å². The van der Waals surface area contributed by atoms with E-state index >= 15 is 0 Å². The van der Waals surface area contributed by atoms with Crippen molar-refractivity contribution in [2.75, 3.05) is 0 Å². The van der Waals surface area contributed by atoms with Crippen LogP contribution >= 0.6 is 11.3 Å². The molecule has 0 fully saturated rings. The number of thiophene rings is 1. The van der Waals surface area contributed by atoms with Crippen LogP contribution < -0.4 is 0 Å². The molecule has 178 valence electrons. The Labute approximate surface area is 223 Å². The van der Waals surface area contributed by atoms with Gasteiger partial charge in [0.15, 0.2) is 0 Å². The maximum absolute atomic E-state index is 4.84. The number of aromatic nitrogens is 3. The van der Waals surface area contributed by atoms with Gasteiger partial charge in [0, 0.05) is 60.2 Å². The molecule has 4 heteroatoms. The molecular weight excluding hydrogens is 482 g/mol. The van der Waals surface area contributed by atoms with Crippen LogP contribution in [-0.4, -0.2) is 14.5 Å². The Morgan fingerprint density at radius 3 is 1.89 bits per heavy atom. The molecule has 3 nitrogen and oxygen atoms in total. The molecule has 3 aromatic heterocycles. The van der Waals surface area contributed by atoms with E-state index in [-0.39, 0.29) is 0 Å². The van der Waals surface area contributed by atoms with E-state index < -0.39 is 0 Å². The molecule has 0 atom stereocenters. The van der Waals surface area contributed by atoms with Crippen LogP contribution in [0.5, 0.6) is 0 Å². The first-order valence-corrected chi connectivity index (χ1v) is 13.5. The van der Waals surface area contributed by atoms with Crippen LogP contribution in [0.3, 0.4) is 0 Å². The van der Waals surface area contributed by atoms with Crippen LogP contribution in [0.1, 0.15) is 0 Å². The molecule has 0 spiro atoms. The number of hydrogen-bond acceptors (Lipinski definition) is 3. The van der Waals surface area contributed by atoms with Crippen LogP contribution in [0.25, 0.3) is 70.2 Å². The third-order valence-corrected chi connectivity index (χ3v) is 8.45. The van der Waals surface area contributed by atoms with Gasteiger partial charge in [0.25, 0.3) is 0 Å². The van der Waals surface area contributed by atoms with Crippen molar-refractivity contribution in [2.24, 2.45) is 0 Å². The standard InChI is InChI=1S/C34H21N3S/c1-2-8-24(9-3-1)37-29-12-6-4-10-25(29)26-16-14-22(20-30(26)37)33-34(36-19-18-35-33)23-15-17-28-27-11-5-7-13-31(27)38-32(28)21-23/h1-21H. The minimum atomic E-state index is 0.889. The Bertz CT molecular complexity index is 2140. The molecule has 8 aromatic rings. The highest BCUT2D eigenvalue weighted by atomic mass is 32.1. The quantitative estimate of drug-likeness (QED) is 0.240. The molecular formula is C34H21N3S. The van der Waals surface area contributed by atoms with Gasteiger partial charge in [0.2, 0.25) is 0 Å². The van der Waals surface area contributed by atoms with Crippen molar-refractivity contribution >= 4 is 53.3 Å². The van der Waals surface area contributed by atoms with Gasteiger partial charge in [0.05, 0.1) is 22.4 Å². The second-order valence-electron chi connectivity index (χ2n) is 9.48. The zero-order valence-electron chi connectivity index (χ0n) is 20.4. The molecule has 5 aromatic carbocycles. The summed E-state index contributed by atoms with van der Waals surface area (Å²) < 4.78 is 4.91. The van der Waals surface area contributed by atoms with Gasteiger partial charge in [-0.15, -0.1) is 11.3 Å². The molecule has 0 unspecified atom stereocenters. The molecule has 0 N–H and O–H groups in total. The van der Waals surface area contributed by atoms with Crippen LogP contribution in [0, 0.1) is 0 Å². The number of fused-ring (bicyclic) bond motifs is 6. The highest BCUT2D eigenvalue weighted by Crippen LogP contribution is 2.39. The van der Waals surface area contributed by atoms with E-state index in [9.17, 15) is 0 Å². The highest BCUT2D eigenvalue weighted by Gasteiger charge is 2.16. The third kappa shape index (κ3) is 3.21. The van der Waals surface area contributed by atoms with Crippen LogP contribution in [0.2, 0.25) is 0 Å². The number of benzene rings is 5. The maximum atomic E-state index is 4.84. The lowest BCUT2D eigenvalue weighted by molar-refractivity contribution is 1.18. The molecule has 3 heterocycles. The Morgan fingerprint density at radius 1 is 0.474 bits per heavy atom. The lowest BCUT2D eigenvalue weighted by Gasteiger charge is -2.11. The minimum Gasteiger partial charge on any atom is -0.309 e. The van der Waals surface area contributed by atoms with Gasteiger partial charge >= 0.3 is 0 Å². The van der Waals surface area contributed by atoms with Gasteiger partial charge in [0.1, 0.15) is 0 Å². The highest BCUT2D eigenvalue weighted by molar-refractivity contribution is 7.25. The first kappa shape index (κ1) is 21.3.